The first kappa shape index (κ1) is 16.9. The Morgan fingerprint density at radius 1 is 1.40 bits per heavy atom. The summed E-state index contributed by atoms with van der Waals surface area (Å²) in [6, 6.07) is 1.29. The number of halogens is 2. The molecule has 0 aromatic carbocycles. The monoisotopic (exact) mass is 300 g/mol. The number of hydrogen-bond donors (Lipinski definition) is 0. The van der Waals surface area contributed by atoms with Crippen molar-refractivity contribution < 1.29 is 9.18 Å². The van der Waals surface area contributed by atoms with Crippen LogP contribution < -0.4 is 0 Å². The van der Waals surface area contributed by atoms with Gasteiger partial charge in [-0.1, -0.05) is 39.3 Å². The van der Waals surface area contributed by atoms with E-state index in [1.54, 1.807) is 4.90 Å². The average Bonchev–Trinajstić information content (AvgIpc) is 2.40. The van der Waals surface area contributed by atoms with E-state index >= 15 is 0 Å². The van der Waals surface area contributed by atoms with E-state index in [1.807, 2.05) is 27.7 Å². The van der Waals surface area contributed by atoms with Crippen LogP contribution in [0.15, 0.2) is 12.3 Å². The van der Waals surface area contributed by atoms with Crippen molar-refractivity contribution in [2.24, 2.45) is 5.92 Å². The topological polar surface area (TPSA) is 33.2 Å². The van der Waals surface area contributed by atoms with Gasteiger partial charge >= 0.3 is 0 Å². The summed E-state index contributed by atoms with van der Waals surface area (Å²) in [4.78, 5) is 18.1. The summed E-state index contributed by atoms with van der Waals surface area (Å²) in [6.07, 6.45) is 2.73. The molecule has 0 bridgehead atoms. The highest BCUT2D eigenvalue weighted by Gasteiger charge is 2.25. The van der Waals surface area contributed by atoms with Gasteiger partial charge in [-0.15, -0.1) is 0 Å². The summed E-state index contributed by atoms with van der Waals surface area (Å²) in [5, 5.41) is 0.0520. The van der Waals surface area contributed by atoms with Gasteiger partial charge in [-0.3, -0.25) is 4.79 Å². The maximum absolute atomic E-state index is 13.3. The summed E-state index contributed by atoms with van der Waals surface area (Å²) < 4.78 is 13.3. The van der Waals surface area contributed by atoms with Crippen LogP contribution in [0.5, 0.6) is 0 Å². The van der Waals surface area contributed by atoms with Gasteiger partial charge in [0.1, 0.15) is 11.0 Å². The number of aromatic nitrogens is 1. The molecule has 0 aliphatic carbocycles. The Morgan fingerprint density at radius 2 is 2.00 bits per heavy atom. The van der Waals surface area contributed by atoms with Crippen molar-refractivity contribution in [1.29, 1.82) is 0 Å². The normalized spacial score (nSPS) is 11.2. The summed E-state index contributed by atoms with van der Waals surface area (Å²) in [5.74, 6) is -0.462. The Labute approximate surface area is 125 Å². The average molecular weight is 301 g/mol. The van der Waals surface area contributed by atoms with Crippen molar-refractivity contribution in [2.75, 3.05) is 6.54 Å². The Kier molecular flexibility index (Phi) is 6.40. The van der Waals surface area contributed by atoms with Crippen molar-refractivity contribution in [3.63, 3.8) is 0 Å². The fraction of sp³-hybridized carbons (Fsp3) is 0.600. The van der Waals surface area contributed by atoms with Crippen LogP contribution in [0.3, 0.4) is 0 Å². The van der Waals surface area contributed by atoms with E-state index in [9.17, 15) is 9.18 Å². The van der Waals surface area contributed by atoms with E-state index in [2.05, 4.69) is 4.98 Å². The molecule has 5 heteroatoms. The van der Waals surface area contributed by atoms with Gasteiger partial charge in [0.25, 0.3) is 5.91 Å². The Balaban J connectivity index is 3.12. The first-order valence-electron chi connectivity index (χ1n) is 7.02. The van der Waals surface area contributed by atoms with Gasteiger partial charge in [0.15, 0.2) is 0 Å². The molecule has 1 heterocycles. The van der Waals surface area contributed by atoms with Crippen LogP contribution in [0.25, 0.3) is 0 Å². The zero-order chi connectivity index (χ0) is 15.3. The van der Waals surface area contributed by atoms with Crippen LogP contribution in [0.4, 0.5) is 4.39 Å². The second-order valence-corrected chi connectivity index (χ2v) is 5.67. The molecule has 1 aromatic rings. The lowest BCUT2D eigenvalue weighted by atomic mass is 10.1. The minimum Gasteiger partial charge on any atom is -0.335 e. The van der Waals surface area contributed by atoms with Crippen LogP contribution in [0.2, 0.25) is 5.15 Å². The molecule has 0 aliphatic heterocycles. The number of pyridine rings is 1. The van der Waals surface area contributed by atoms with Crippen molar-refractivity contribution in [3.05, 3.63) is 28.8 Å². The van der Waals surface area contributed by atoms with Crippen molar-refractivity contribution in [1.82, 2.24) is 9.88 Å². The number of hydrogen-bond acceptors (Lipinski definition) is 2. The molecule has 0 N–H and O–H groups in total. The molecule has 3 nitrogen and oxygen atoms in total. The third-order valence-corrected chi connectivity index (χ3v) is 3.54. The number of amides is 1. The van der Waals surface area contributed by atoms with E-state index < -0.39 is 5.82 Å². The maximum atomic E-state index is 13.3. The molecule has 0 atom stereocenters. The van der Waals surface area contributed by atoms with E-state index in [4.69, 9.17) is 11.6 Å². The second-order valence-electron chi connectivity index (χ2n) is 5.31. The predicted molar refractivity (Wildman–Crippen MR) is 79.4 cm³/mol. The Hall–Kier alpha value is -1.16. The minimum absolute atomic E-state index is 0.0520. The van der Waals surface area contributed by atoms with Crippen LogP contribution in [-0.4, -0.2) is 28.4 Å². The number of rotatable bonds is 6. The van der Waals surface area contributed by atoms with E-state index in [0.29, 0.717) is 12.5 Å². The van der Waals surface area contributed by atoms with Crippen LogP contribution in [0, 0.1) is 11.7 Å². The predicted octanol–water partition coefficient (Wildman–Crippen LogP) is 4.16. The summed E-state index contributed by atoms with van der Waals surface area (Å²) in [6.45, 7) is 8.81. The fourth-order valence-electron chi connectivity index (χ4n) is 2.25. The minimum atomic E-state index is -0.549. The molecule has 0 fully saturated rings. The van der Waals surface area contributed by atoms with E-state index in [0.717, 1.165) is 25.1 Å². The van der Waals surface area contributed by atoms with Gasteiger partial charge in [-0.25, -0.2) is 9.37 Å². The third kappa shape index (κ3) is 4.17. The third-order valence-electron chi connectivity index (χ3n) is 3.24. The first-order valence-corrected chi connectivity index (χ1v) is 7.40. The highest BCUT2D eigenvalue weighted by atomic mass is 35.5. The summed E-state index contributed by atoms with van der Waals surface area (Å²) in [7, 11) is 0. The van der Waals surface area contributed by atoms with Crippen LogP contribution in [-0.2, 0) is 0 Å². The molecule has 0 saturated heterocycles. The molecular weight excluding hydrogens is 279 g/mol. The fourth-order valence-corrected chi connectivity index (χ4v) is 2.43. The highest BCUT2D eigenvalue weighted by molar-refractivity contribution is 6.32. The molecule has 20 heavy (non-hydrogen) atoms. The number of carbonyl (C=O) groups is 1. The highest BCUT2D eigenvalue weighted by Crippen LogP contribution is 2.20. The lowest BCUT2D eigenvalue weighted by Gasteiger charge is -2.32. The molecule has 0 saturated carbocycles. The van der Waals surface area contributed by atoms with E-state index in [-0.39, 0.29) is 22.7 Å². The molecule has 1 aromatic heterocycles. The number of nitrogens with zero attached hydrogens (tertiary/aromatic N) is 2. The molecule has 1 rings (SSSR count). The van der Waals surface area contributed by atoms with Gasteiger partial charge in [0.05, 0.1) is 11.8 Å². The van der Waals surface area contributed by atoms with Crippen molar-refractivity contribution in [3.8, 4) is 0 Å². The van der Waals surface area contributed by atoms with Crippen LogP contribution in [0.1, 0.15) is 50.9 Å². The molecule has 0 spiro atoms. The Morgan fingerprint density at radius 3 is 2.50 bits per heavy atom. The van der Waals surface area contributed by atoms with Gasteiger partial charge in [0, 0.05) is 12.6 Å². The Bertz CT molecular complexity index is 461. The maximum Gasteiger partial charge on any atom is 0.257 e. The SMILES string of the molecule is CCC(CC)N(CC(C)C)C(=O)c1cc(F)cnc1Cl. The molecule has 0 unspecified atom stereocenters. The van der Waals surface area contributed by atoms with Gasteiger partial charge in [-0.2, -0.15) is 0 Å². The van der Waals surface area contributed by atoms with Gasteiger partial charge < -0.3 is 4.90 Å². The zero-order valence-electron chi connectivity index (χ0n) is 12.5. The summed E-state index contributed by atoms with van der Waals surface area (Å²) in [5.41, 5.74) is 0.138. The largest absolute Gasteiger partial charge is 0.335 e. The smallest absolute Gasteiger partial charge is 0.257 e. The van der Waals surface area contributed by atoms with Crippen LogP contribution >= 0.6 is 11.6 Å². The van der Waals surface area contributed by atoms with Crippen molar-refractivity contribution in [2.45, 2.75) is 46.6 Å². The first-order chi connectivity index (χ1) is 9.40. The molecule has 1 amide bonds. The second kappa shape index (κ2) is 7.58. The van der Waals surface area contributed by atoms with Crippen molar-refractivity contribution >= 4 is 17.5 Å². The van der Waals surface area contributed by atoms with Gasteiger partial charge in [-0.05, 0) is 24.8 Å². The standard InChI is InChI=1S/C15H22ClFN2O/c1-5-12(6-2)19(9-10(3)4)15(20)13-7-11(17)8-18-14(13)16/h7-8,10,12H,5-6,9H2,1-4H3. The quantitative estimate of drug-likeness (QED) is 0.739. The lowest BCUT2D eigenvalue weighted by Crippen LogP contribution is -2.42. The lowest BCUT2D eigenvalue weighted by molar-refractivity contribution is 0.0639. The zero-order valence-corrected chi connectivity index (χ0v) is 13.2. The van der Waals surface area contributed by atoms with Gasteiger partial charge in [0.2, 0.25) is 0 Å². The summed E-state index contributed by atoms with van der Waals surface area (Å²) >= 11 is 5.94. The molecule has 0 radical (unpaired) electrons. The molecule has 112 valence electrons. The molecule has 0 aliphatic rings. The van der Waals surface area contributed by atoms with E-state index in [1.165, 1.54) is 0 Å². The molecular formula is C15H22ClFN2O. The number of carbonyl (C=O) groups excluding carboxylic acids is 1.